The SMILES string of the molecule is O=c1cc(C(F)(F)F)c2cc(Cc3ccc(S(=O)(=O)N[C@H]4CCCC[C@H]4OCc4ccccc4)cc3)ccc2o1. The van der Waals surface area contributed by atoms with Crippen LogP contribution in [0.25, 0.3) is 11.0 Å². The van der Waals surface area contributed by atoms with Crippen molar-refractivity contribution in [3.8, 4) is 0 Å². The molecule has 2 atom stereocenters. The van der Waals surface area contributed by atoms with Crippen LogP contribution in [0.1, 0.15) is 47.9 Å². The van der Waals surface area contributed by atoms with E-state index in [9.17, 15) is 26.4 Å². The third kappa shape index (κ3) is 6.63. The minimum atomic E-state index is -4.71. The summed E-state index contributed by atoms with van der Waals surface area (Å²) in [5, 5.41) is -0.204. The molecule has 0 unspecified atom stereocenters. The van der Waals surface area contributed by atoms with Gasteiger partial charge >= 0.3 is 11.8 Å². The molecular weight excluding hydrogens is 543 g/mol. The van der Waals surface area contributed by atoms with E-state index < -0.39 is 27.4 Å². The van der Waals surface area contributed by atoms with Gasteiger partial charge in [-0.2, -0.15) is 13.2 Å². The topological polar surface area (TPSA) is 85.6 Å². The first-order chi connectivity index (χ1) is 19.1. The van der Waals surface area contributed by atoms with Gasteiger partial charge in [0.1, 0.15) is 5.58 Å². The molecule has 10 heteroatoms. The Balaban J connectivity index is 1.28. The van der Waals surface area contributed by atoms with Crippen molar-refractivity contribution in [1.82, 2.24) is 4.72 Å². The average molecular weight is 572 g/mol. The van der Waals surface area contributed by atoms with Crippen LogP contribution in [0.2, 0.25) is 0 Å². The van der Waals surface area contributed by atoms with Crippen LogP contribution in [-0.4, -0.2) is 20.6 Å². The Labute approximate surface area is 229 Å². The molecule has 3 aromatic carbocycles. The van der Waals surface area contributed by atoms with Crippen LogP contribution in [-0.2, 0) is 34.0 Å². The second-order valence-electron chi connectivity index (χ2n) is 9.98. The van der Waals surface area contributed by atoms with Gasteiger partial charge < -0.3 is 9.15 Å². The number of halogens is 3. The normalized spacial score (nSPS) is 18.2. The molecule has 1 aliphatic rings. The van der Waals surface area contributed by atoms with Gasteiger partial charge in [-0.1, -0.05) is 61.4 Å². The molecule has 0 radical (unpaired) electrons. The molecule has 210 valence electrons. The zero-order chi connectivity index (χ0) is 28.3. The number of hydrogen-bond donors (Lipinski definition) is 1. The minimum Gasteiger partial charge on any atom is -0.423 e. The number of sulfonamides is 1. The van der Waals surface area contributed by atoms with Crippen molar-refractivity contribution in [2.75, 3.05) is 0 Å². The molecule has 1 fully saturated rings. The Morgan fingerprint density at radius 1 is 0.875 bits per heavy atom. The Kier molecular flexibility index (Phi) is 8.11. The number of hydrogen-bond acceptors (Lipinski definition) is 5. The maximum Gasteiger partial charge on any atom is 0.417 e. The molecular formula is C30H28F3NO5S. The Hall–Kier alpha value is -3.47. The van der Waals surface area contributed by atoms with E-state index in [4.69, 9.17) is 9.15 Å². The van der Waals surface area contributed by atoms with E-state index in [2.05, 4.69) is 4.72 Å². The third-order valence-electron chi connectivity index (χ3n) is 7.07. The van der Waals surface area contributed by atoms with Crippen LogP contribution in [0, 0.1) is 0 Å². The molecule has 0 saturated heterocycles. The third-order valence-corrected chi connectivity index (χ3v) is 8.58. The van der Waals surface area contributed by atoms with Crippen molar-refractivity contribution >= 4 is 21.0 Å². The van der Waals surface area contributed by atoms with E-state index in [1.54, 1.807) is 18.2 Å². The van der Waals surface area contributed by atoms with Gasteiger partial charge in [0.2, 0.25) is 10.0 Å². The maximum atomic E-state index is 13.5. The molecule has 1 N–H and O–H groups in total. The van der Waals surface area contributed by atoms with E-state index in [1.165, 1.54) is 24.3 Å². The summed E-state index contributed by atoms with van der Waals surface area (Å²) < 4.78 is 80.6. The summed E-state index contributed by atoms with van der Waals surface area (Å²) in [6.45, 7) is 0.407. The van der Waals surface area contributed by atoms with Crippen LogP contribution >= 0.6 is 0 Å². The highest BCUT2D eigenvalue weighted by Crippen LogP contribution is 2.34. The Morgan fingerprint density at radius 2 is 1.57 bits per heavy atom. The van der Waals surface area contributed by atoms with Gasteiger partial charge in [0.25, 0.3) is 0 Å². The van der Waals surface area contributed by atoms with Crippen LogP contribution in [0.4, 0.5) is 13.2 Å². The van der Waals surface area contributed by atoms with E-state index >= 15 is 0 Å². The van der Waals surface area contributed by atoms with Crippen molar-refractivity contribution < 1.29 is 30.7 Å². The summed E-state index contributed by atoms with van der Waals surface area (Å²) in [7, 11) is -3.82. The average Bonchev–Trinajstić information content (AvgIpc) is 2.92. The zero-order valence-corrected chi connectivity index (χ0v) is 22.3. The summed E-state index contributed by atoms with van der Waals surface area (Å²) >= 11 is 0. The molecule has 1 aromatic heterocycles. The fourth-order valence-corrected chi connectivity index (χ4v) is 6.35. The number of benzene rings is 3. The van der Waals surface area contributed by atoms with Crippen molar-refractivity contribution in [1.29, 1.82) is 0 Å². The Bertz CT molecular complexity index is 1630. The highest BCUT2D eigenvalue weighted by Gasteiger charge is 2.34. The predicted octanol–water partition coefficient (Wildman–Crippen LogP) is 6.21. The van der Waals surface area contributed by atoms with Crippen molar-refractivity contribution in [2.24, 2.45) is 0 Å². The number of fused-ring (bicyclic) bond motifs is 1. The Morgan fingerprint density at radius 3 is 2.30 bits per heavy atom. The fraction of sp³-hybridized carbons (Fsp3) is 0.300. The second kappa shape index (κ2) is 11.6. The molecule has 0 amide bonds. The molecule has 1 aliphatic carbocycles. The number of alkyl halides is 3. The van der Waals surface area contributed by atoms with Gasteiger partial charge in [0.05, 0.1) is 23.2 Å². The highest BCUT2D eigenvalue weighted by molar-refractivity contribution is 7.89. The van der Waals surface area contributed by atoms with Crippen LogP contribution in [0.5, 0.6) is 0 Å². The second-order valence-corrected chi connectivity index (χ2v) is 11.7. The summed E-state index contributed by atoms with van der Waals surface area (Å²) in [5.74, 6) is 0. The van der Waals surface area contributed by atoms with Gasteiger partial charge in [0, 0.05) is 17.5 Å². The van der Waals surface area contributed by atoms with Crippen molar-refractivity contribution in [3.63, 3.8) is 0 Å². The fourth-order valence-electron chi connectivity index (χ4n) is 5.05. The lowest BCUT2D eigenvalue weighted by Gasteiger charge is -2.32. The van der Waals surface area contributed by atoms with Gasteiger partial charge in [0.15, 0.2) is 0 Å². The zero-order valence-electron chi connectivity index (χ0n) is 21.5. The molecule has 0 spiro atoms. The molecule has 1 saturated carbocycles. The highest BCUT2D eigenvalue weighted by atomic mass is 32.2. The predicted molar refractivity (Wildman–Crippen MR) is 144 cm³/mol. The van der Waals surface area contributed by atoms with Gasteiger partial charge in [-0.3, -0.25) is 0 Å². The molecule has 1 heterocycles. The molecule has 0 bridgehead atoms. The molecule has 4 aromatic rings. The van der Waals surface area contributed by atoms with Gasteiger partial charge in [-0.05, 0) is 60.2 Å². The smallest absolute Gasteiger partial charge is 0.417 e. The first-order valence-corrected chi connectivity index (χ1v) is 14.5. The van der Waals surface area contributed by atoms with Crippen molar-refractivity contribution in [2.45, 2.75) is 61.9 Å². The van der Waals surface area contributed by atoms with Gasteiger partial charge in [-0.25, -0.2) is 17.9 Å². The monoisotopic (exact) mass is 571 g/mol. The van der Waals surface area contributed by atoms with E-state index in [1.807, 2.05) is 30.3 Å². The quantitative estimate of drug-likeness (QED) is 0.254. The van der Waals surface area contributed by atoms with Gasteiger partial charge in [-0.15, -0.1) is 0 Å². The summed E-state index contributed by atoms with van der Waals surface area (Å²) in [6, 6.07) is 20.3. The van der Waals surface area contributed by atoms with E-state index in [0.717, 1.165) is 24.8 Å². The summed E-state index contributed by atoms with van der Waals surface area (Å²) in [5.41, 5.74) is 0.0232. The number of ether oxygens (including phenoxy) is 1. The van der Waals surface area contributed by atoms with Crippen LogP contribution < -0.4 is 10.3 Å². The van der Waals surface area contributed by atoms with E-state index in [0.29, 0.717) is 30.2 Å². The lowest BCUT2D eigenvalue weighted by molar-refractivity contribution is -0.136. The maximum absolute atomic E-state index is 13.5. The van der Waals surface area contributed by atoms with Crippen LogP contribution in [0.3, 0.4) is 0 Å². The lowest BCUT2D eigenvalue weighted by atomic mass is 9.93. The molecule has 5 rings (SSSR count). The number of nitrogens with one attached hydrogen (secondary N) is 1. The van der Waals surface area contributed by atoms with Crippen molar-refractivity contribution in [3.05, 3.63) is 112 Å². The lowest BCUT2D eigenvalue weighted by Crippen LogP contribution is -2.46. The number of rotatable bonds is 8. The molecule has 40 heavy (non-hydrogen) atoms. The summed E-state index contributed by atoms with van der Waals surface area (Å²) in [4.78, 5) is 11.6. The summed E-state index contributed by atoms with van der Waals surface area (Å²) in [6.07, 6.45) is -1.36. The first kappa shape index (κ1) is 28.1. The largest absolute Gasteiger partial charge is 0.423 e. The molecule has 6 nitrogen and oxygen atoms in total. The molecule has 0 aliphatic heterocycles. The van der Waals surface area contributed by atoms with E-state index in [-0.39, 0.29) is 34.4 Å². The van der Waals surface area contributed by atoms with Crippen LogP contribution in [0.15, 0.2) is 93.0 Å². The standard InChI is InChI=1S/C30H28F3NO5S/c31-30(32,33)25-18-29(35)39-27-15-12-22(17-24(25)27)16-20-10-13-23(14-11-20)40(36,37)34-26-8-4-5-9-28(26)38-19-21-6-2-1-3-7-21/h1-3,6-7,10-15,17-18,26,28,34H,4-5,8-9,16,19H2/t26-,28+/m0/s1. The minimum absolute atomic E-state index is 0.100. The first-order valence-electron chi connectivity index (χ1n) is 13.0.